The molecule has 2 N–H and O–H groups in total. The van der Waals surface area contributed by atoms with Gasteiger partial charge in [0.15, 0.2) is 0 Å². The molecule has 0 spiro atoms. The topological polar surface area (TPSA) is 57.5 Å². The van der Waals surface area contributed by atoms with E-state index in [-0.39, 0.29) is 36.3 Å². The van der Waals surface area contributed by atoms with Crippen molar-refractivity contribution in [1.29, 1.82) is 0 Å². The first kappa shape index (κ1) is 11.7. The summed E-state index contributed by atoms with van der Waals surface area (Å²) < 4.78 is 9.93. The summed E-state index contributed by atoms with van der Waals surface area (Å²) in [6.07, 6.45) is 0. The largest absolute Gasteiger partial charge is 1.00 e. The summed E-state index contributed by atoms with van der Waals surface area (Å²) in [5.74, 6) is 0. The Morgan fingerprint density at radius 1 is 1.75 bits per heavy atom. The predicted octanol–water partition coefficient (Wildman–Crippen LogP) is -2.19. The van der Waals surface area contributed by atoms with E-state index in [1.54, 1.807) is 0 Å². The minimum atomic E-state index is -3.93. The van der Waals surface area contributed by atoms with Crippen LogP contribution < -0.4 is 29.6 Å². The zero-order chi connectivity index (χ0) is 6.08. The molecular formula is C3H8NaO3P. The van der Waals surface area contributed by atoms with E-state index in [0.29, 0.717) is 0 Å². The van der Waals surface area contributed by atoms with Gasteiger partial charge in [-0.05, 0) is 6.92 Å². The molecule has 0 aromatic heterocycles. The third-order valence-electron chi connectivity index (χ3n) is 0.497. The van der Waals surface area contributed by atoms with Gasteiger partial charge in [0.1, 0.15) is 0 Å². The molecule has 0 aliphatic rings. The van der Waals surface area contributed by atoms with Gasteiger partial charge in [-0.25, -0.2) is 0 Å². The molecule has 0 radical (unpaired) electrons. The van der Waals surface area contributed by atoms with Gasteiger partial charge in [0.05, 0.1) is 0 Å². The van der Waals surface area contributed by atoms with Crippen LogP contribution in [0, 0.1) is 0 Å². The molecule has 0 heterocycles. The van der Waals surface area contributed by atoms with Crippen LogP contribution >= 0.6 is 7.60 Å². The smallest absolute Gasteiger partial charge is 1.00 e. The molecule has 0 atom stereocenters. The Morgan fingerprint density at radius 2 is 1.88 bits per heavy atom. The Hall–Kier alpha value is 0.890. The van der Waals surface area contributed by atoms with Crippen LogP contribution in [0.15, 0.2) is 11.9 Å². The summed E-state index contributed by atoms with van der Waals surface area (Å²) in [4.78, 5) is 16.2. The minimum Gasteiger partial charge on any atom is -1.00 e. The molecule has 0 amide bonds. The van der Waals surface area contributed by atoms with Gasteiger partial charge >= 0.3 is 37.2 Å². The van der Waals surface area contributed by atoms with Crippen LogP contribution in [0.4, 0.5) is 0 Å². The molecule has 0 aliphatic carbocycles. The number of allylic oxidation sites excluding steroid dienone is 1. The van der Waals surface area contributed by atoms with Crippen molar-refractivity contribution in [2.75, 3.05) is 0 Å². The Morgan fingerprint density at radius 3 is 1.88 bits per heavy atom. The second-order valence-electron chi connectivity index (χ2n) is 1.28. The van der Waals surface area contributed by atoms with Gasteiger partial charge in [-0.2, -0.15) is 0 Å². The van der Waals surface area contributed by atoms with Gasteiger partial charge in [-0.3, -0.25) is 4.57 Å². The molecule has 0 bridgehead atoms. The van der Waals surface area contributed by atoms with Gasteiger partial charge in [0.2, 0.25) is 0 Å². The molecule has 0 aromatic carbocycles. The van der Waals surface area contributed by atoms with E-state index in [9.17, 15) is 4.57 Å². The third-order valence-corrected chi connectivity index (χ3v) is 1.49. The van der Waals surface area contributed by atoms with Crippen molar-refractivity contribution in [3.05, 3.63) is 11.9 Å². The van der Waals surface area contributed by atoms with E-state index in [4.69, 9.17) is 9.79 Å². The molecule has 0 saturated heterocycles. The van der Waals surface area contributed by atoms with Crippen LogP contribution in [0.25, 0.3) is 0 Å². The van der Waals surface area contributed by atoms with Crippen molar-refractivity contribution < 1.29 is 45.3 Å². The van der Waals surface area contributed by atoms with Gasteiger partial charge in [-0.15, -0.1) is 0 Å². The molecule has 44 valence electrons. The molecule has 0 rings (SSSR count). The second kappa shape index (κ2) is 3.83. The molecule has 0 unspecified atom stereocenters. The first-order valence-corrected chi connectivity index (χ1v) is 3.27. The predicted molar refractivity (Wildman–Crippen MR) is 28.0 cm³/mol. The third kappa shape index (κ3) is 5.04. The van der Waals surface area contributed by atoms with Crippen LogP contribution in [0.2, 0.25) is 0 Å². The maximum atomic E-state index is 9.93. The average Bonchev–Trinajstić information content (AvgIpc) is 1.31. The van der Waals surface area contributed by atoms with E-state index in [1.807, 2.05) is 0 Å². The van der Waals surface area contributed by atoms with Crippen LogP contribution in [-0.2, 0) is 4.57 Å². The van der Waals surface area contributed by atoms with Gasteiger partial charge in [0, 0.05) is 5.31 Å². The summed E-state index contributed by atoms with van der Waals surface area (Å²) >= 11 is 0. The molecule has 0 aromatic rings. The quantitative estimate of drug-likeness (QED) is 0.326. The number of rotatable bonds is 1. The van der Waals surface area contributed by atoms with Crippen LogP contribution in [0.1, 0.15) is 8.35 Å². The summed E-state index contributed by atoms with van der Waals surface area (Å²) in [7, 11) is -3.93. The SMILES string of the molecule is C=C(C)P(=O)(O)O.[H-].[Na+]. The van der Waals surface area contributed by atoms with E-state index in [2.05, 4.69) is 6.58 Å². The molecule has 0 saturated carbocycles. The normalized spacial score (nSPS) is 9.88. The van der Waals surface area contributed by atoms with Crippen LogP contribution in [0.5, 0.6) is 0 Å². The molecular weight excluding hydrogens is 138 g/mol. The summed E-state index contributed by atoms with van der Waals surface area (Å²) in [5.41, 5.74) is 0. The molecule has 0 fully saturated rings. The minimum absolute atomic E-state index is 0. The van der Waals surface area contributed by atoms with Gasteiger partial charge in [-0.1, -0.05) is 6.58 Å². The fraction of sp³-hybridized carbons (Fsp3) is 0.333. The standard InChI is InChI=1S/C3H7O3P.Na.H/c1-3(2)7(4,5)6;;/h1H2,2H3,(H2,4,5,6);;/q;+1;-1. The molecule has 5 heteroatoms. The van der Waals surface area contributed by atoms with Crippen molar-refractivity contribution >= 4 is 7.60 Å². The van der Waals surface area contributed by atoms with E-state index in [1.165, 1.54) is 6.92 Å². The Kier molecular flexibility index (Phi) is 5.58. The first-order valence-electron chi connectivity index (χ1n) is 1.66. The van der Waals surface area contributed by atoms with Crippen molar-refractivity contribution in [2.24, 2.45) is 0 Å². The van der Waals surface area contributed by atoms with E-state index in [0.717, 1.165) is 0 Å². The summed E-state index contributed by atoms with van der Waals surface area (Å²) in [6.45, 7) is 4.36. The molecule has 0 aliphatic heterocycles. The fourth-order valence-electron chi connectivity index (χ4n) is 0. The average molecular weight is 146 g/mol. The van der Waals surface area contributed by atoms with Crippen molar-refractivity contribution in [3.63, 3.8) is 0 Å². The van der Waals surface area contributed by atoms with Crippen molar-refractivity contribution in [2.45, 2.75) is 6.92 Å². The second-order valence-corrected chi connectivity index (χ2v) is 3.13. The zero-order valence-electron chi connectivity index (χ0n) is 5.96. The monoisotopic (exact) mass is 146 g/mol. The number of hydrogen-bond acceptors (Lipinski definition) is 1. The van der Waals surface area contributed by atoms with Crippen LogP contribution in [0.3, 0.4) is 0 Å². The molecule has 3 nitrogen and oxygen atoms in total. The first-order chi connectivity index (χ1) is 2.94. The van der Waals surface area contributed by atoms with E-state index >= 15 is 0 Å². The van der Waals surface area contributed by atoms with Crippen LogP contribution in [-0.4, -0.2) is 9.79 Å². The summed E-state index contributed by atoms with van der Waals surface area (Å²) in [6, 6.07) is 0. The van der Waals surface area contributed by atoms with E-state index < -0.39 is 7.60 Å². The molecule has 8 heavy (non-hydrogen) atoms. The Labute approximate surface area is 71.7 Å². The maximum Gasteiger partial charge on any atom is 1.00 e. The number of hydrogen-bond donors (Lipinski definition) is 2. The van der Waals surface area contributed by atoms with Gasteiger partial charge in [0.25, 0.3) is 0 Å². The Balaban J connectivity index is -0.000000180. The zero-order valence-corrected chi connectivity index (χ0v) is 7.85. The Bertz CT molecular complexity index is 131. The fourth-order valence-corrected chi connectivity index (χ4v) is 0. The van der Waals surface area contributed by atoms with Crippen molar-refractivity contribution in [1.82, 2.24) is 0 Å². The van der Waals surface area contributed by atoms with Crippen molar-refractivity contribution in [3.8, 4) is 0 Å². The maximum absolute atomic E-state index is 9.93. The summed E-state index contributed by atoms with van der Waals surface area (Å²) in [5, 5.41) is -0.0903. The van der Waals surface area contributed by atoms with Gasteiger partial charge < -0.3 is 11.2 Å².